The first-order valence-corrected chi connectivity index (χ1v) is 10.6. The number of pyridine rings is 1. The Morgan fingerprint density at radius 3 is 2.52 bits per heavy atom. The zero-order chi connectivity index (χ0) is 20.4. The molecule has 8 heteroatoms. The highest BCUT2D eigenvalue weighted by Crippen LogP contribution is 2.29. The molecule has 2 N–H and O–H groups in total. The van der Waals surface area contributed by atoms with Crippen LogP contribution in [0.15, 0.2) is 59.3 Å². The molecule has 0 saturated carbocycles. The highest BCUT2D eigenvalue weighted by molar-refractivity contribution is 7.14. The van der Waals surface area contributed by atoms with E-state index in [1.807, 2.05) is 41.8 Å². The third kappa shape index (κ3) is 4.04. The number of amides is 2. The van der Waals surface area contributed by atoms with Gasteiger partial charge in [0.05, 0.1) is 27.2 Å². The number of aromatic nitrogens is 1. The fourth-order valence-corrected chi connectivity index (χ4v) is 4.40. The van der Waals surface area contributed by atoms with Crippen LogP contribution in [0, 0.1) is 0 Å². The fourth-order valence-electron chi connectivity index (χ4n) is 2.93. The molecule has 29 heavy (non-hydrogen) atoms. The number of fused-ring (bicyclic) bond motifs is 1. The molecule has 0 atom stereocenters. The van der Waals surface area contributed by atoms with Gasteiger partial charge in [-0.1, -0.05) is 24.3 Å². The number of para-hydroxylation sites is 1. The summed E-state index contributed by atoms with van der Waals surface area (Å²) in [7, 11) is 3.47. The second-order valence-electron chi connectivity index (χ2n) is 6.50. The maximum Gasteiger partial charge on any atom is 0.268 e. The summed E-state index contributed by atoms with van der Waals surface area (Å²) in [5.41, 5.74) is 5.14. The van der Waals surface area contributed by atoms with Crippen LogP contribution >= 0.6 is 22.7 Å². The molecule has 0 saturated heterocycles. The Balaban J connectivity index is 1.71. The molecule has 0 aliphatic rings. The van der Waals surface area contributed by atoms with Gasteiger partial charge >= 0.3 is 0 Å². The van der Waals surface area contributed by atoms with E-state index in [1.54, 1.807) is 48.0 Å². The average Bonchev–Trinajstić information content (AvgIpc) is 3.38. The Hall–Kier alpha value is -3.07. The molecule has 0 radical (unpaired) electrons. The number of benzene rings is 1. The lowest BCUT2D eigenvalue weighted by atomic mass is 10.1. The van der Waals surface area contributed by atoms with Crippen molar-refractivity contribution in [2.24, 2.45) is 0 Å². The number of carbonyl (C=O) groups is 2. The van der Waals surface area contributed by atoms with Gasteiger partial charge in [-0.3, -0.25) is 15.0 Å². The van der Waals surface area contributed by atoms with E-state index in [-0.39, 0.29) is 11.8 Å². The summed E-state index contributed by atoms with van der Waals surface area (Å²) in [5, 5.41) is 9.50. The first-order chi connectivity index (χ1) is 14.0. The van der Waals surface area contributed by atoms with Crippen LogP contribution in [0.2, 0.25) is 0 Å². The first-order valence-electron chi connectivity index (χ1n) is 8.84. The van der Waals surface area contributed by atoms with E-state index in [2.05, 4.69) is 10.7 Å². The zero-order valence-corrected chi connectivity index (χ0v) is 17.4. The predicted molar refractivity (Wildman–Crippen MR) is 118 cm³/mol. The van der Waals surface area contributed by atoms with Gasteiger partial charge in [0.25, 0.3) is 11.8 Å². The van der Waals surface area contributed by atoms with Crippen LogP contribution in [0.25, 0.3) is 21.5 Å². The zero-order valence-electron chi connectivity index (χ0n) is 15.8. The molecule has 3 heterocycles. The molecule has 0 aliphatic carbocycles. The van der Waals surface area contributed by atoms with Gasteiger partial charge < -0.3 is 5.32 Å². The van der Waals surface area contributed by atoms with E-state index in [4.69, 9.17) is 4.98 Å². The smallest absolute Gasteiger partial charge is 0.268 e. The molecule has 0 fully saturated rings. The summed E-state index contributed by atoms with van der Waals surface area (Å²) in [5.74, 6) is -0.548. The van der Waals surface area contributed by atoms with Crippen LogP contribution in [-0.2, 0) is 0 Å². The average molecular weight is 423 g/mol. The summed E-state index contributed by atoms with van der Waals surface area (Å²) in [6.07, 6.45) is 0. The van der Waals surface area contributed by atoms with E-state index in [1.165, 1.54) is 11.3 Å². The van der Waals surface area contributed by atoms with Crippen molar-refractivity contribution in [1.29, 1.82) is 0 Å². The van der Waals surface area contributed by atoms with Crippen LogP contribution in [0.5, 0.6) is 0 Å². The van der Waals surface area contributed by atoms with Crippen molar-refractivity contribution in [2.75, 3.05) is 19.4 Å². The maximum absolute atomic E-state index is 13.2. The van der Waals surface area contributed by atoms with Gasteiger partial charge in [0.1, 0.15) is 5.00 Å². The molecule has 6 nitrogen and oxygen atoms in total. The highest BCUT2D eigenvalue weighted by atomic mass is 32.1. The Kier molecular flexibility index (Phi) is 5.39. The number of rotatable bonds is 5. The quantitative estimate of drug-likeness (QED) is 0.465. The molecule has 4 aromatic rings. The van der Waals surface area contributed by atoms with Crippen molar-refractivity contribution < 1.29 is 9.59 Å². The van der Waals surface area contributed by atoms with Gasteiger partial charge in [0.15, 0.2) is 0 Å². The SMILES string of the molecule is CN(C)NC(=O)c1ccsc1NC(=O)c1cc(-c2cccs2)nc2ccccc12. The van der Waals surface area contributed by atoms with Gasteiger partial charge in [-0.25, -0.2) is 9.99 Å². The molecule has 0 bridgehead atoms. The summed E-state index contributed by atoms with van der Waals surface area (Å²) in [4.78, 5) is 31.2. The summed E-state index contributed by atoms with van der Waals surface area (Å²) < 4.78 is 0. The van der Waals surface area contributed by atoms with Crippen molar-refractivity contribution in [2.45, 2.75) is 0 Å². The Morgan fingerprint density at radius 2 is 1.76 bits per heavy atom. The van der Waals surface area contributed by atoms with Crippen LogP contribution in [0.3, 0.4) is 0 Å². The standard InChI is InChI=1S/C21H18N4O2S2/c1-25(2)24-20(27)14-9-11-29-21(14)23-19(26)15-12-17(18-8-5-10-28-18)22-16-7-4-3-6-13(15)16/h3-12H,1-2H3,(H,23,26)(H,24,27). The van der Waals surface area contributed by atoms with Crippen LogP contribution in [0.1, 0.15) is 20.7 Å². The number of hydrogen-bond donors (Lipinski definition) is 2. The fraction of sp³-hybridized carbons (Fsp3) is 0.0952. The van der Waals surface area contributed by atoms with E-state index >= 15 is 0 Å². The van der Waals surface area contributed by atoms with Crippen molar-refractivity contribution in [3.8, 4) is 10.6 Å². The third-order valence-corrected chi connectivity index (χ3v) is 5.92. The van der Waals surface area contributed by atoms with Crippen molar-refractivity contribution in [3.05, 3.63) is 70.4 Å². The Labute approximate surface area is 175 Å². The topological polar surface area (TPSA) is 74.3 Å². The Morgan fingerprint density at radius 1 is 0.931 bits per heavy atom. The summed E-state index contributed by atoms with van der Waals surface area (Å²) in [6.45, 7) is 0. The summed E-state index contributed by atoms with van der Waals surface area (Å²) >= 11 is 2.88. The van der Waals surface area contributed by atoms with Gasteiger partial charge in [-0.2, -0.15) is 0 Å². The second kappa shape index (κ2) is 8.12. The molecular weight excluding hydrogens is 404 g/mol. The summed E-state index contributed by atoms with van der Waals surface area (Å²) in [6, 6.07) is 15.0. The first kappa shape index (κ1) is 19.3. The van der Waals surface area contributed by atoms with Gasteiger partial charge in [0.2, 0.25) is 0 Å². The number of hydrogen-bond acceptors (Lipinski definition) is 6. The molecule has 1 aromatic carbocycles. The molecular formula is C21H18N4O2S2. The van der Waals surface area contributed by atoms with Crippen molar-refractivity contribution in [3.63, 3.8) is 0 Å². The van der Waals surface area contributed by atoms with Crippen LogP contribution in [-0.4, -0.2) is 35.9 Å². The number of hydrazine groups is 1. The minimum atomic E-state index is -0.275. The van der Waals surface area contributed by atoms with E-state index in [0.717, 1.165) is 21.5 Å². The number of nitrogens with one attached hydrogen (secondary N) is 2. The largest absolute Gasteiger partial charge is 0.313 e. The highest BCUT2D eigenvalue weighted by Gasteiger charge is 2.19. The lowest BCUT2D eigenvalue weighted by Gasteiger charge is -2.13. The monoisotopic (exact) mass is 422 g/mol. The molecule has 3 aromatic heterocycles. The number of nitrogens with zero attached hydrogens (tertiary/aromatic N) is 2. The van der Waals surface area contributed by atoms with E-state index in [0.29, 0.717) is 16.1 Å². The Bertz CT molecular complexity index is 1180. The van der Waals surface area contributed by atoms with Crippen molar-refractivity contribution >= 4 is 50.4 Å². The van der Waals surface area contributed by atoms with Crippen molar-refractivity contribution in [1.82, 2.24) is 15.4 Å². The number of thiophene rings is 2. The second-order valence-corrected chi connectivity index (χ2v) is 8.37. The lowest BCUT2D eigenvalue weighted by Crippen LogP contribution is -2.36. The van der Waals surface area contributed by atoms with Gasteiger partial charge in [-0.15, -0.1) is 22.7 Å². The van der Waals surface area contributed by atoms with Gasteiger partial charge in [0, 0.05) is 19.5 Å². The molecule has 0 unspecified atom stereocenters. The lowest BCUT2D eigenvalue weighted by molar-refractivity contribution is 0.0858. The molecule has 2 amide bonds. The normalized spacial score (nSPS) is 11.0. The van der Waals surface area contributed by atoms with Gasteiger partial charge in [-0.05, 0) is 35.0 Å². The number of anilines is 1. The van der Waals surface area contributed by atoms with Crippen LogP contribution < -0.4 is 10.7 Å². The molecule has 4 rings (SSSR count). The maximum atomic E-state index is 13.2. The van der Waals surface area contributed by atoms with E-state index < -0.39 is 0 Å². The van der Waals surface area contributed by atoms with E-state index in [9.17, 15) is 9.59 Å². The third-order valence-electron chi connectivity index (χ3n) is 4.20. The minimum absolute atomic E-state index is 0.273. The van der Waals surface area contributed by atoms with Crippen LogP contribution in [0.4, 0.5) is 5.00 Å². The molecule has 0 spiro atoms. The minimum Gasteiger partial charge on any atom is -0.313 e. The molecule has 0 aliphatic heterocycles. The number of carbonyl (C=O) groups excluding carboxylic acids is 2. The molecule has 146 valence electrons. The predicted octanol–water partition coefficient (Wildman–Crippen LogP) is 4.48.